The summed E-state index contributed by atoms with van der Waals surface area (Å²) in [5, 5.41) is 12.0. The highest BCUT2D eigenvalue weighted by molar-refractivity contribution is 6.17. The molecule has 0 spiro atoms. The lowest BCUT2D eigenvalue weighted by Gasteiger charge is -2.17. The molecule has 1 aromatic carbocycles. The molecular formula is C17H14N4O3. The third-order valence-corrected chi connectivity index (χ3v) is 3.98. The van der Waals surface area contributed by atoms with Crippen molar-refractivity contribution in [1.82, 2.24) is 9.55 Å². The Morgan fingerprint density at radius 2 is 2.12 bits per heavy atom. The van der Waals surface area contributed by atoms with Gasteiger partial charge >= 0.3 is 0 Å². The lowest BCUT2D eigenvalue weighted by Crippen LogP contribution is -2.26. The summed E-state index contributed by atoms with van der Waals surface area (Å²) < 4.78 is 1.47. The Kier molecular flexibility index (Phi) is 3.96. The molecular weight excluding hydrogens is 308 g/mol. The summed E-state index contributed by atoms with van der Waals surface area (Å²) in [6.07, 6.45) is 3.88. The van der Waals surface area contributed by atoms with Gasteiger partial charge in [-0.3, -0.25) is 14.4 Å². The van der Waals surface area contributed by atoms with Crippen molar-refractivity contribution >= 4 is 23.2 Å². The molecule has 7 heteroatoms. The molecule has 1 N–H and O–H groups in total. The van der Waals surface area contributed by atoms with Crippen LogP contribution in [-0.4, -0.2) is 27.0 Å². The molecule has 0 saturated heterocycles. The first-order valence-electron chi connectivity index (χ1n) is 7.39. The van der Waals surface area contributed by atoms with E-state index < -0.39 is 17.5 Å². The normalized spacial score (nSPS) is 14.2. The van der Waals surface area contributed by atoms with Crippen molar-refractivity contribution in [2.45, 2.75) is 12.8 Å². The molecule has 2 aromatic rings. The van der Waals surface area contributed by atoms with Crippen LogP contribution in [0.1, 0.15) is 33.0 Å². The SMILES string of the molecule is Cn1ccnc1C(=O)[C@@H](C#N)C(=O)c1ccc2c(c1)CCC(=O)N2. The third kappa shape index (κ3) is 2.70. The minimum absolute atomic E-state index is 0.0681. The van der Waals surface area contributed by atoms with Gasteiger partial charge in [0.15, 0.2) is 17.5 Å². The summed E-state index contributed by atoms with van der Waals surface area (Å²) in [5.74, 6) is -2.63. The van der Waals surface area contributed by atoms with Gasteiger partial charge < -0.3 is 9.88 Å². The van der Waals surface area contributed by atoms with Gasteiger partial charge in [-0.15, -0.1) is 0 Å². The van der Waals surface area contributed by atoms with Crippen molar-refractivity contribution in [3.05, 3.63) is 47.5 Å². The number of hydrogen-bond acceptors (Lipinski definition) is 5. The van der Waals surface area contributed by atoms with E-state index in [0.717, 1.165) is 5.56 Å². The second-order valence-corrected chi connectivity index (χ2v) is 5.57. The maximum atomic E-state index is 12.6. The molecule has 24 heavy (non-hydrogen) atoms. The molecule has 0 radical (unpaired) electrons. The number of amides is 1. The average Bonchev–Trinajstić information content (AvgIpc) is 3.00. The maximum Gasteiger partial charge on any atom is 0.224 e. The highest BCUT2D eigenvalue weighted by atomic mass is 16.2. The topological polar surface area (TPSA) is 105 Å². The van der Waals surface area contributed by atoms with Crippen LogP contribution < -0.4 is 5.32 Å². The zero-order valence-corrected chi connectivity index (χ0v) is 12.9. The molecule has 0 bridgehead atoms. The smallest absolute Gasteiger partial charge is 0.224 e. The summed E-state index contributed by atoms with van der Waals surface area (Å²) in [6.45, 7) is 0. The summed E-state index contributed by atoms with van der Waals surface area (Å²) in [6, 6.07) is 6.55. The van der Waals surface area contributed by atoms with Crippen molar-refractivity contribution < 1.29 is 14.4 Å². The van der Waals surface area contributed by atoms with E-state index in [1.54, 1.807) is 31.4 Å². The van der Waals surface area contributed by atoms with Crippen LogP contribution in [0.25, 0.3) is 0 Å². The van der Waals surface area contributed by atoms with E-state index in [2.05, 4.69) is 10.3 Å². The number of ketones is 2. The van der Waals surface area contributed by atoms with E-state index in [1.807, 2.05) is 0 Å². The van der Waals surface area contributed by atoms with Crippen LogP contribution in [0.4, 0.5) is 5.69 Å². The summed E-state index contributed by atoms with van der Waals surface area (Å²) in [5.41, 5.74) is 1.76. The van der Waals surface area contributed by atoms with E-state index in [1.165, 1.54) is 16.8 Å². The van der Waals surface area contributed by atoms with Crippen LogP contribution >= 0.6 is 0 Å². The van der Waals surface area contributed by atoms with Crippen LogP contribution in [0.15, 0.2) is 30.6 Å². The van der Waals surface area contributed by atoms with Crippen molar-refractivity contribution in [1.29, 1.82) is 5.26 Å². The molecule has 3 rings (SSSR count). The Morgan fingerprint density at radius 1 is 1.33 bits per heavy atom. The van der Waals surface area contributed by atoms with Crippen LogP contribution in [0, 0.1) is 17.2 Å². The Balaban J connectivity index is 1.90. The molecule has 1 aliphatic heterocycles. The zero-order valence-electron chi connectivity index (χ0n) is 12.9. The zero-order chi connectivity index (χ0) is 17.3. The third-order valence-electron chi connectivity index (χ3n) is 3.98. The number of aryl methyl sites for hydroxylation is 2. The van der Waals surface area contributed by atoms with E-state index in [-0.39, 0.29) is 17.3 Å². The maximum absolute atomic E-state index is 12.6. The summed E-state index contributed by atoms with van der Waals surface area (Å²) in [4.78, 5) is 40.3. The van der Waals surface area contributed by atoms with Gasteiger partial charge in [-0.2, -0.15) is 5.26 Å². The number of aromatic nitrogens is 2. The van der Waals surface area contributed by atoms with Crippen molar-refractivity contribution in [2.24, 2.45) is 13.0 Å². The second kappa shape index (κ2) is 6.08. The predicted molar refractivity (Wildman–Crippen MR) is 84.4 cm³/mol. The van der Waals surface area contributed by atoms with Crippen LogP contribution in [0.3, 0.4) is 0 Å². The van der Waals surface area contributed by atoms with E-state index in [9.17, 15) is 19.6 Å². The molecule has 0 aliphatic carbocycles. The minimum Gasteiger partial charge on any atom is -0.332 e. The second-order valence-electron chi connectivity index (χ2n) is 5.57. The fraction of sp³-hybridized carbons (Fsp3) is 0.235. The Bertz CT molecular complexity index is 891. The molecule has 1 aromatic heterocycles. The summed E-state index contributed by atoms with van der Waals surface area (Å²) >= 11 is 0. The van der Waals surface area contributed by atoms with Gasteiger partial charge in [-0.05, 0) is 30.2 Å². The number of anilines is 1. The number of nitrogens with zero attached hydrogens (tertiary/aromatic N) is 3. The van der Waals surface area contributed by atoms with Crippen molar-refractivity contribution in [3.8, 4) is 6.07 Å². The van der Waals surface area contributed by atoms with Gasteiger partial charge in [-0.25, -0.2) is 4.98 Å². The highest BCUT2D eigenvalue weighted by Crippen LogP contribution is 2.25. The molecule has 1 atom stereocenters. The molecule has 7 nitrogen and oxygen atoms in total. The number of rotatable bonds is 4. The molecule has 0 fully saturated rings. The van der Waals surface area contributed by atoms with Crippen LogP contribution in [0.2, 0.25) is 0 Å². The lowest BCUT2D eigenvalue weighted by atomic mass is 9.91. The Hall–Kier alpha value is -3.27. The number of fused-ring (bicyclic) bond motifs is 1. The quantitative estimate of drug-likeness (QED) is 0.678. The Labute approximate surface area is 137 Å². The van der Waals surface area contributed by atoms with Gasteiger partial charge in [0.1, 0.15) is 0 Å². The average molecular weight is 322 g/mol. The number of carbonyl (C=O) groups excluding carboxylic acids is 3. The van der Waals surface area contributed by atoms with Gasteiger partial charge in [0, 0.05) is 37.1 Å². The first-order chi connectivity index (χ1) is 11.5. The fourth-order valence-electron chi connectivity index (χ4n) is 2.67. The fourth-order valence-corrected chi connectivity index (χ4v) is 2.67. The number of hydrogen-bond donors (Lipinski definition) is 1. The Morgan fingerprint density at radius 3 is 2.79 bits per heavy atom. The van der Waals surface area contributed by atoms with Gasteiger partial charge in [0.05, 0.1) is 6.07 Å². The van der Waals surface area contributed by atoms with Crippen molar-refractivity contribution in [3.63, 3.8) is 0 Å². The number of nitrogens with one attached hydrogen (secondary N) is 1. The number of imidazole rings is 1. The molecule has 2 heterocycles. The number of carbonyl (C=O) groups is 3. The van der Waals surface area contributed by atoms with E-state index in [0.29, 0.717) is 18.5 Å². The van der Waals surface area contributed by atoms with Crippen molar-refractivity contribution in [2.75, 3.05) is 5.32 Å². The highest BCUT2D eigenvalue weighted by Gasteiger charge is 2.31. The minimum atomic E-state index is -1.44. The first kappa shape index (κ1) is 15.6. The molecule has 120 valence electrons. The monoisotopic (exact) mass is 322 g/mol. The van der Waals surface area contributed by atoms with Gasteiger partial charge in [0.25, 0.3) is 0 Å². The van der Waals surface area contributed by atoms with Crippen LogP contribution in [0.5, 0.6) is 0 Å². The van der Waals surface area contributed by atoms with E-state index in [4.69, 9.17) is 0 Å². The largest absolute Gasteiger partial charge is 0.332 e. The summed E-state index contributed by atoms with van der Waals surface area (Å²) in [7, 11) is 1.63. The van der Waals surface area contributed by atoms with E-state index >= 15 is 0 Å². The van der Waals surface area contributed by atoms with Gasteiger partial charge in [-0.1, -0.05) is 0 Å². The molecule has 0 unspecified atom stereocenters. The lowest BCUT2D eigenvalue weighted by molar-refractivity contribution is -0.116. The standard InChI is InChI=1S/C17H14N4O3/c1-21-7-6-19-17(21)16(24)12(9-18)15(23)11-2-4-13-10(8-11)3-5-14(22)20-13/h2,4,6-8,12H,3,5H2,1H3,(H,20,22)/t12-/m0/s1. The van der Waals surface area contributed by atoms with Crippen LogP contribution in [-0.2, 0) is 18.3 Å². The molecule has 1 aliphatic rings. The molecule has 1 amide bonds. The predicted octanol–water partition coefficient (Wildman–Crippen LogP) is 1.51. The number of benzene rings is 1. The number of Topliss-reactive ketones (excluding diaryl/α,β-unsaturated/α-hetero) is 2. The molecule has 0 saturated carbocycles. The van der Waals surface area contributed by atoms with Gasteiger partial charge in [0.2, 0.25) is 11.7 Å². The first-order valence-corrected chi connectivity index (χ1v) is 7.39. The number of nitriles is 1.